The van der Waals surface area contributed by atoms with E-state index in [-0.39, 0.29) is 48.7 Å². The highest BCUT2D eigenvalue weighted by molar-refractivity contribution is 7.94. The Morgan fingerprint density at radius 3 is 2.11 bits per heavy atom. The standard InChI is InChI=1S/C53H71N5O15S3/c1-52(2)43-37-40(39-16-19-41(20-17-39)75(63,64)55-27-30-69-34-32-67-5)18-22-45(43)57(29-31-70-35-33-68-6)48(52)14-10-9-13-47-53(3,4)44-38-42(21-23-46(44)56(47)28-12-36-74-73-72-62)76(65,66)54-26-11-7-8-15-51(61)71-58-49(59)24-25-50(58)60/h10,13-14,16-23,37-38,54-55H,7-9,11-12,15,24-36H2,1-6H3/b14-10+,47-13-. The van der Waals surface area contributed by atoms with Crippen LogP contribution in [0.2, 0.25) is 0 Å². The number of fused-ring (bicyclic) bond motifs is 2. The predicted octanol–water partition coefficient (Wildman–Crippen LogP) is 5.67. The lowest BCUT2D eigenvalue weighted by Gasteiger charge is -2.27. The Morgan fingerprint density at radius 2 is 1.41 bits per heavy atom. The number of carbonyl (C=O) groups is 3. The molecular weight excluding hydrogens is 1040 g/mol. The first kappa shape index (κ1) is 60.3. The zero-order valence-corrected chi connectivity index (χ0v) is 46.6. The van der Waals surface area contributed by atoms with Crippen molar-refractivity contribution in [3.8, 4) is 11.1 Å². The molecular formula is C53H71N5O15S3. The van der Waals surface area contributed by atoms with E-state index in [1.807, 2.05) is 24.3 Å². The summed E-state index contributed by atoms with van der Waals surface area (Å²) in [5.41, 5.74) is 6.60. The molecule has 1 saturated heterocycles. The molecule has 3 aliphatic rings. The number of methoxy groups -OCH3 is 2. The van der Waals surface area contributed by atoms with Crippen LogP contribution < -0.4 is 19.6 Å². The number of ether oxygens (including phenoxy) is 4. The maximum Gasteiger partial charge on any atom is 0.333 e. The summed E-state index contributed by atoms with van der Waals surface area (Å²) in [5.74, 6) is -1.32. The highest BCUT2D eigenvalue weighted by atomic mass is 32.2. The van der Waals surface area contributed by atoms with E-state index in [0.29, 0.717) is 89.0 Å². The molecule has 23 heteroatoms. The van der Waals surface area contributed by atoms with Crippen molar-refractivity contribution in [2.45, 2.75) is 99.7 Å². The number of carbonyl (C=O) groups excluding carboxylic acids is 3. The summed E-state index contributed by atoms with van der Waals surface area (Å²) in [5, 5.41) is 14.5. The first-order chi connectivity index (χ1) is 36.4. The smallest absolute Gasteiger partial charge is 0.333 e. The Bertz CT molecular complexity index is 2800. The van der Waals surface area contributed by atoms with Crippen LogP contribution in [0.15, 0.2) is 94.4 Å². The minimum atomic E-state index is -3.93. The third-order valence-electron chi connectivity index (χ3n) is 13.4. The SMILES string of the molecule is COCCOCCNS(=O)(=O)c1ccc(-c2ccc3c(c2)C(C)(C)C(/C=C/C/C=C2\N(CCCSOO[O-])c4ccc(S(=O)(=O)NCCCCCC(=O)ON5C(=O)CCC5=O)cc4C2(C)C)=[N+]3CCOCCOC)cc1. The molecule has 0 saturated carbocycles. The molecule has 3 heterocycles. The van der Waals surface area contributed by atoms with Crippen molar-refractivity contribution in [3.63, 3.8) is 0 Å². The number of allylic oxidation sites excluding steroid dienone is 4. The molecule has 3 aromatic rings. The number of sulfonamides is 2. The second-order valence-electron chi connectivity index (χ2n) is 19.3. The lowest BCUT2D eigenvalue weighted by molar-refractivity contribution is -0.777. The minimum Gasteiger partial charge on any atom is -0.691 e. The van der Waals surface area contributed by atoms with Crippen LogP contribution in [0.4, 0.5) is 11.4 Å². The number of unbranched alkanes of at least 4 members (excludes halogenated alkanes) is 2. The van der Waals surface area contributed by atoms with Crippen LogP contribution in [0.3, 0.4) is 0 Å². The molecule has 2 N–H and O–H groups in total. The summed E-state index contributed by atoms with van der Waals surface area (Å²) in [4.78, 5) is 43.1. The molecule has 0 spiro atoms. The van der Waals surface area contributed by atoms with Gasteiger partial charge in [-0.2, -0.15) is 8.91 Å². The van der Waals surface area contributed by atoms with Gasteiger partial charge in [0.05, 0.1) is 48.2 Å². The Kier molecular flexibility index (Phi) is 22.3. The van der Waals surface area contributed by atoms with E-state index in [9.17, 15) is 36.5 Å². The van der Waals surface area contributed by atoms with E-state index >= 15 is 0 Å². The van der Waals surface area contributed by atoms with Crippen molar-refractivity contribution in [1.82, 2.24) is 14.5 Å². The topological polar surface area (TPSA) is 241 Å². The quantitative estimate of drug-likeness (QED) is 0.0186. The molecule has 0 aromatic heterocycles. The van der Waals surface area contributed by atoms with Crippen LogP contribution in [-0.4, -0.2) is 136 Å². The van der Waals surface area contributed by atoms with Gasteiger partial charge in [0.2, 0.25) is 25.7 Å². The van der Waals surface area contributed by atoms with Crippen molar-refractivity contribution < 1.29 is 74.2 Å². The zero-order valence-electron chi connectivity index (χ0n) is 44.1. The average molecular weight is 1110 g/mol. The van der Waals surface area contributed by atoms with Crippen LogP contribution >= 0.6 is 12.0 Å². The fourth-order valence-electron chi connectivity index (χ4n) is 9.39. The van der Waals surface area contributed by atoms with Gasteiger partial charge in [-0.25, -0.2) is 31.1 Å². The first-order valence-electron chi connectivity index (χ1n) is 25.3. The average Bonchev–Trinajstić information content (AvgIpc) is 3.96. The largest absolute Gasteiger partial charge is 0.691 e. The van der Waals surface area contributed by atoms with Crippen molar-refractivity contribution in [2.24, 2.45) is 0 Å². The minimum absolute atomic E-state index is 0.0101. The Labute approximate surface area is 450 Å². The molecule has 0 aliphatic carbocycles. The second kappa shape index (κ2) is 28.1. The zero-order chi connectivity index (χ0) is 54.9. The van der Waals surface area contributed by atoms with Crippen molar-refractivity contribution in [3.05, 3.63) is 95.7 Å². The van der Waals surface area contributed by atoms with E-state index in [1.54, 1.807) is 38.5 Å². The summed E-state index contributed by atoms with van der Waals surface area (Å²) in [6.07, 6.45) is 8.91. The molecule has 2 amide bonds. The summed E-state index contributed by atoms with van der Waals surface area (Å²) in [6.45, 7) is 12.3. The van der Waals surface area contributed by atoms with E-state index in [2.05, 4.69) is 86.3 Å². The number of hydrogen-bond donors (Lipinski definition) is 2. The van der Waals surface area contributed by atoms with Gasteiger partial charge in [-0.1, -0.05) is 44.6 Å². The molecule has 0 radical (unpaired) electrons. The monoisotopic (exact) mass is 1110 g/mol. The molecule has 416 valence electrons. The molecule has 1 fully saturated rings. The van der Waals surface area contributed by atoms with Gasteiger partial charge in [0.25, 0.3) is 11.8 Å². The summed E-state index contributed by atoms with van der Waals surface area (Å²) in [6, 6.07) is 18.3. The molecule has 20 nitrogen and oxygen atoms in total. The molecule has 3 aliphatic heterocycles. The van der Waals surface area contributed by atoms with Gasteiger partial charge in [-0.15, -0.1) is 5.06 Å². The van der Waals surface area contributed by atoms with Crippen LogP contribution in [-0.2, 0) is 78.4 Å². The second-order valence-corrected chi connectivity index (χ2v) is 23.6. The predicted molar refractivity (Wildman–Crippen MR) is 284 cm³/mol. The highest BCUT2D eigenvalue weighted by Crippen LogP contribution is 2.49. The normalized spacial score (nSPS) is 16.7. The van der Waals surface area contributed by atoms with Crippen molar-refractivity contribution >= 4 is 67.0 Å². The molecule has 6 rings (SSSR count). The van der Waals surface area contributed by atoms with Gasteiger partial charge in [0, 0.05) is 105 Å². The number of nitrogens with zero attached hydrogens (tertiary/aromatic N) is 3. The van der Waals surface area contributed by atoms with Crippen LogP contribution in [0, 0.1) is 0 Å². The lowest BCUT2D eigenvalue weighted by Crippen LogP contribution is -2.31. The van der Waals surface area contributed by atoms with Crippen molar-refractivity contribution in [2.75, 3.05) is 90.7 Å². The molecule has 0 atom stereocenters. The number of amides is 2. The van der Waals surface area contributed by atoms with Crippen LogP contribution in [0.5, 0.6) is 0 Å². The molecule has 0 bridgehead atoms. The maximum atomic E-state index is 13.7. The fraction of sp³-hybridized carbons (Fsp3) is 0.509. The van der Waals surface area contributed by atoms with Crippen LogP contribution in [0.1, 0.15) is 90.2 Å². The van der Waals surface area contributed by atoms with E-state index < -0.39 is 48.7 Å². The number of benzene rings is 3. The summed E-state index contributed by atoms with van der Waals surface area (Å²) < 4.78 is 87.1. The third kappa shape index (κ3) is 15.4. The highest BCUT2D eigenvalue weighted by Gasteiger charge is 2.45. The fourth-order valence-corrected chi connectivity index (χ4v) is 11.9. The van der Waals surface area contributed by atoms with Gasteiger partial charge in [0.15, 0.2) is 12.3 Å². The van der Waals surface area contributed by atoms with Gasteiger partial charge < -0.3 is 33.9 Å². The molecule has 0 unspecified atom stereocenters. The summed E-state index contributed by atoms with van der Waals surface area (Å²) in [7, 11) is -4.47. The van der Waals surface area contributed by atoms with Crippen molar-refractivity contribution in [1.29, 1.82) is 0 Å². The number of imide groups is 1. The number of nitrogens with one attached hydrogen (secondary N) is 2. The maximum absolute atomic E-state index is 13.7. The molecule has 76 heavy (non-hydrogen) atoms. The Hall–Kier alpha value is -4.89. The summed E-state index contributed by atoms with van der Waals surface area (Å²) >= 11 is 0.908. The molecule has 3 aromatic carbocycles. The van der Waals surface area contributed by atoms with Gasteiger partial charge in [-0.3, -0.25) is 14.6 Å². The van der Waals surface area contributed by atoms with E-state index in [4.69, 9.17) is 23.8 Å². The number of rotatable bonds is 33. The third-order valence-corrected chi connectivity index (χ3v) is 16.9. The van der Waals surface area contributed by atoms with E-state index in [0.717, 1.165) is 57.1 Å². The first-order valence-corrected chi connectivity index (χ1v) is 29.2. The number of anilines is 1. The lowest BCUT2D eigenvalue weighted by atomic mass is 9.80. The number of hydrogen-bond acceptors (Lipinski definition) is 17. The Balaban J connectivity index is 1.17. The van der Waals surface area contributed by atoms with E-state index in [1.165, 1.54) is 0 Å². The number of hydroxylamine groups is 2. The van der Waals surface area contributed by atoms with Gasteiger partial charge >= 0.3 is 5.97 Å². The Morgan fingerprint density at radius 1 is 0.750 bits per heavy atom. The van der Waals surface area contributed by atoms with Crippen LogP contribution in [0.25, 0.3) is 11.1 Å². The van der Waals surface area contributed by atoms with Gasteiger partial charge in [-0.05, 0) is 98.7 Å². The van der Waals surface area contributed by atoms with Gasteiger partial charge in [0.1, 0.15) is 6.61 Å².